The van der Waals surface area contributed by atoms with E-state index in [-0.39, 0.29) is 5.41 Å². The quantitative estimate of drug-likeness (QED) is 0.147. The van der Waals surface area contributed by atoms with E-state index in [1.807, 2.05) is 11.3 Å². The van der Waals surface area contributed by atoms with Gasteiger partial charge in [-0.1, -0.05) is 233 Å². The van der Waals surface area contributed by atoms with Gasteiger partial charge in [0.2, 0.25) is 0 Å². The van der Waals surface area contributed by atoms with Crippen LogP contribution < -0.4 is 4.90 Å². The summed E-state index contributed by atoms with van der Waals surface area (Å²) in [4.78, 5) is 2.57. The molecule has 1 nitrogen and oxygen atoms in total. The second-order valence-corrected chi connectivity index (χ2v) is 21.1. The van der Waals surface area contributed by atoms with Gasteiger partial charge in [0.25, 0.3) is 0 Å². The molecule has 12 aromatic rings. The monoisotopic (exact) mass is 925 g/mol. The minimum Gasteiger partial charge on any atom is -0.309 e. The second kappa shape index (κ2) is 17.0. The number of nitrogens with zero attached hydrogens (tertiary/aromatic N) is 1. The smallest absolute Gasteiger partial charge is 0.0713 e. The molecule has 0 fully saturated rings. The Balaban J connectivity index is 1.13. The van der Waals surface area contributed by atoms with Gasteiger partial charge in [-0.25, -0.2) is 0 Å². The first-order valence-corrected chi connectivity index (χ1v) is 25.6. The van der Waals surface area contributed by atoms with E-state index in [9.17, 15) is 0 Å². The van der Waals surface area contributed by atoms with Gasteiger partial charge in [-0.2, -0.15) is 0 Å². The van der Waals surface area contributed by atoms with E-state index in [1.165, 1.54) is 92.1 Å². The molecule has 0 saturated carbocycles. The summed E-state index contributed by atoms with van der Waals surface area (Å²) in [5.41, 5.74) is 18.9. The average molecular weight is 926 g/mol. The molecule has 0 radical (unpaired) electrons. The molecule has 0 unspecified atom stereocenters. The second-order valence-electron chi connectivity index (χ2n) is 20.0. The van der Waals surface area contributed by atoms with E-state index in [1.54, 1.807) is 0 Å². The highest BCUT2D eigenvalue weighted by Gasteiger charge is 2.46. The lowest BCUT2D eigenvalue weighted by molar-refractivity contribution is 0.590. The van der Waals surface area contributed by atoms with Crippen molar-refractivity contribution < 1.29 is 0 Å². The van der Waals surface area contributed by atoms with Crippen LogP contribution in [0.3, 0.4) is 0 Å². The van der Waals surface area contributed by atoms with Crippen molar-refractivity contribution in [3.8, 4) is 44.5 Å². The van der Waals surface area contributed by atoms with Crippen LogP contribution in [0.1, 0.15) is 48.6 Å². The zero-order chi connectivity index (χ0) is 47.7. The molecule has 11 aromatic carbocycles. The molecule has 1 heterocycles. The zero-order valence-electron chi connectivity index (χ0n) is 40.1. The summed E-state index contributed by atoms with van der Waals surface area (Å²) in [5, 5.41) is 5.00. The maximum atomic E-state index is 2.57. The third-order valence-electron chi connectivity index (χ3n) is 14.9. The summed E-state index contributed by atoms with van der Waals surface area (Å²) in [7, 11) is 0. The summed E-state index contributed by atoms with van der Waals surface area (Å²) < 4.78 is 2.58. The lowest BCUT2D eigenvalue weighted by Gasteiger charge is -2.34. The molecule has 0 aliphatic heterocycles. The minimum absolute atomic E-state index is 0.0630. The first-order valence-electron chi connectivity index (χ1n) is 24.7. The Morgan fingerprint density at radius 3 is 1.72 bits per heavy atom. The molecule has 0 amide bonds. The Morgan fingerprint density at radius 1 is 0.380 bits per heavy atom. The molecule has 1 aromatic heterocycles. The van der Waals surface area contributed by atoms with Crippen LogP contribution in [-0.2, 0) is 10.8 Å². The first kappa shape index (κ1) is 42.8. The highest BCUT2D eigenvalue weighted by molar-refractivity contribution is 7.26. The van der Waals surface area contributed by atoms with Gasteiger partial charge in [-0.05, 0) is 120 Å². The van der Waals surface area contributed by atoms with Crippen molar-refractivity contribution in [1.29, 1.82) is 0 Å². The van der Waals surface area contributed by atoms with Crippen LogP contribution in [0.2, 0.25) is 0 Å². The summed E-state index contributed by atoms with van der Waals surface area (Å²) in [5.74, 6) is 0. The van der Waals surface area contributed by atoms with Crippen LogP contribution in [0, 0.1) is 0 Å². The van der Waals surface area contributed by atoms with Crippen molar-refractivity contribution in [1.82, 2.24) is 0 Å². The fourth-order valence-electron chi connectivity index (χ4n) is 11.6. The molecular formula is C69H51NS. The van der Waals surface area contributed by atoms with Crippen LogP contribution in [0.15, 0.2) is 255 Å². The molecule has 0 saturated heterocycles. The van der Waals surface area contributed by atoms with Gasteiger partial charge in [0.15, 0.2) is 0 Å². The Hall–Kier alpha value is -8.30. The van der Waals surface area contributed by atoms with Gasteiger partial charge in [-0.3, -0.25) is 0 Å². The Kier molecular flexibility index (Phi) is 10.2. The molecule has 1 aliphatic carbocycles. The van der Waals surface area contributed by atoms with Crippen LogP contribution in [0.4, 0.5) is 17.1 Å². The highest BCUT2D eigenvalue weighted by atomic mass is 32.1. The standard InChI is InChI=1S/C69H51NS/c1-68(2,3)50-38-34-46(35-39-50)49-37-42-62(58(44-49)47-20-7-4-8-21-47)70(63-43-36-48-22-13-14-27-54(48)66(63)57-30-19-33-65-67(57)56-29-16-18-32-64(56)71-65)53-40-41-61-59(45-53)55-28-15-17-31-60(55)69(61,51-23-9-5-10-24-51)52-25-11-6-12-26-52/h4-45H,1-3H3. The first-order chi connectivity index (χ1) is 34.9. The fraction of sp³-hybridized carbons (Fsp3) is 0.0725. The summed E-state index contributed by atoms with van der Waals surface area (Å²) in [6.45, 7) is 6.84. The number of rotatable bonds is 8. The summed E-state index contributed by atoms with van der Waals surface area (Å²) in [6, 6.07) is 95.2. The minimum atomic E-state index is -0.513. The Bertz CT molecular complexity index is 3910. The molecule has 1 aliphatic rings. The van der Waals surface area contributed by atoms with E-state index in [4.69, 9.17) is 0 Å². The lowest BCUT2D eigenvalue weighted by atomic mass is 9.68. The number of hydrogen-bond donors (Lipinski definition) is 0. The average Bonchev–Trinajstić information content (AvgIpc) is 3.96. The van der Waals surface area contributed by atoms with Crippen molar-refractivity contribution in [3.05, 3.63) is 283 Å². The van der Waals surface area contributed by atoms with Gasteiger partial charge in [0, 0.05) is 37.0 Å². The molecule has 0 atom stereocenters. The maximum absolute atomic E-state index is 2.57. The van der Waals surface area contributed by atoms with E-state index in [0.717, 1.165) is 28.2 Å². The van der Waals surface area contributed by atoms with E-state index >= 15 is 0 Å². The molecular weight excluding hydrogens is 875 g/mol. The predicted molar refractivity (Wildman–Crippen MR) is 304 cm³/mol. The molecule has 71 heavy (non-hydrogen) atoms. The van der Waals surface area contributed by atoms with Crippen molar-refractivity contribution in [2.75, 3.05) is 4.90 Å². The number of benzene rings is 11. The summed E-state index contributed by atoms with van der Waals surface area (Å²) in [6.07, 6.45) is 0. The van der Waals surface area contributed by atoms with Crippen molar-refractivity contribution in [2.24, 2.45) is 0 Å². The number of thiophene rings is 1. The molecule has 0 bridgehead atoms. The van der Waals surface area contributed by atoms with Gasteiger partial charge >= 0.3 is 0 Å². The Morgan fingerprint density at radius 2 is 0.972 bits per heavy atom. The summed E-state index contributed by atoms with van der Waals surface area (Å²) >= 11 is 1.87. The van der Waals surface area contributed by atoms with Crippen LogP contribution in [0.5, 0.6) is 0 Å². The topological polar surface area (TPSA) is 3.24 Å². The molecule has 2 heteroatoms. The predicted octanol–water partition coefficient (Wildman–Crippen LogP) is 19.3. The fourth-order valence-corrected chi connectivity index (χ4v) is 12.8. The third-order valence-corrected chi connectivity index (χ3v) is 16.1. The SMILES string of the molecule is CC(C)(C)c1ccc(-c2ccc(N(c3ccc4c(c3)-c3ccccc3C4(c3ccccc3)c3ccccc3)c3ccc4ccccc4c3-c3cccc4sc5ccccc5c34)c(-c3ccccc3)c2)cc1. The molecule has 13 rings (SSSR count). The largest absolute Gasteiger partial charge is 0.309 e. The van der Waals surface area contributed by atoms with Crippen LogP contribution in [0.25, 0.3) is 75.5 Å². The van der Waals surface area contributed by atoms with Crippen LogP contribution >= 0.6 is 11.3 Å². The highest BCUT2D eigenvalue weighted by Crippen LogP contribution is 2.58. The Labute approximate surface area is 420 Å². The third kappa shape index (κ3) is 6.96. The molecule has 0 N–H and O–H groups in total. The van der Waals surface area contributed by atoms with E-state index < -0.39 is 5.41 Å². The van der Waals surface area contributed by atoms with Crippen molar-refractivity contribution in [3.63, 3.8) is 0 Å². The van der Waals surface area contributed by atoms with Gasteiger partial charge < -0.3 is 4.90 Å². The maximum Gasteiger partial charge on any atom is 0.0713 e. The lowest BCUT2D eigenvalue weighted by Crippen LogP contribution is -2.28. The molecule has 0 spiro atoms. The number of fused-ring (bicyclic) bond motifs is 7. The number of anilines is 3. The number of hydrogen-bond acceptors (Lipinski definition) is 2. The van der Waals surface area contributed by atoms with Gasteiger partial charge in [0.1, 0.15) is 0 Å². The van der Waals surface area contributed by atoms with Gasteiger partial charge in [-0.15, -0.1) is 11.3 Å². The molecule has 338 valence electrons. The van der Waals surface area contributed by atoms with Crippen LogP contribution in [-0.4, -0.2) is 0 Å². The van der Waals surface area contributed by atoms with Crippen molar-refractivity contribution >= 4 is 59.3 Å². The van der Waals surface area contributed by atoms with Crippen molar-refractivity contribution in [2.45, 2.75) is 31.6 Å². The normalized spacial score (nSPS) is 12.8. The van der Waals surface area contributed by atoms with E-state index in [2.05, 4.69) is 280 Å². The van der Waals surface area contributed by atoms with Gasteiger partial charge in [0.05, 0.1) is 16.8 Å². The van der Waals surface area contributed by atoms with E-state index in [0.29, 0.717) is 0 Å². The zero-order valence-corrected chi connectivity index (χ0v) is 40.9.